The fourth-order valence-electron chi connectivity index (χ4n) is 12.8. The molecule has 4 N–H and O–H groups in total. The molecule has 0 saturated heterocycles. The predicted octanol–water partition coefficient (Wildman–Crippen LogP) is 2.54. The maximum absolute atomic E-state index is 11.5. The second kappa shape index (κ2) is 34.0. The molecule has 90 heavy (non-hydrogen) atoms. The summed E-state index contributed by atoms with van der Waals surface area (Å²) in [7, 11) is 27.4. The van der Waals surface area contributed by atoms with Gasteiger partial charge in [-0.1, -0.05) is 55.5 Å². The summed E-state index contributed by atoms with van der Waals surface area (Å²) in [6.45, 7) is 17.7. The van der Waals surface area contributed by atoms with Crippen LogP contribution in [0.1, 0.15) is 42.0 Å². The third-order valence-corrected chi connectivity index (χ3v) is 16.2. The Kier molecular flexibility index (Phi) is 28.1. The zero-order valence-electron chi connectivity index (χ0n) is 58.1. The van der Waals surface area contributed by atoms with Crippen LogP contribution in [0.3, 0.4) is 0 Å². The minimum absolute atomic E-state index is 0.444. The van der Waals surface area contributed by atoms with Crippen LogP contribution in [0.2, 0.25) is 0 Å². The number of hydrogen-bond acceptors (Lipinski definition) is 9. The van der Waals surface area contributed by atoms with Gasteiger partial charge in [-0.25, -0.2) is 17.9 Å². The number of aliphatic hydroxyl groups excluding tert-OH is 4. The van der Waals surface area contributed by atoms with Crippen molar-refractivity contribution in [2.45, 2.75) is 70.4 Å². The third kappa shape index (κ3) is 27.5. The lowest BCUT2D eigenvalue weighted by molar-refractivity contribution is -0.880. The Bertz CT molecular complexity index is 2780. The quantitative estimate of drug-likeness (QED) is 0.0449. The van der Waals surface area contributed by atoms with Crippen LogP contribution in [-0.4, -0.2) is 354 Å². The Labute approximate surface area is 541 Å². The lowest BCUT2D eigenvalue weighted by atomic mass is 10.1. The smallest absolute Gasteiger partial charge is 0.337 e. The number of benzene rings is 2. The van der Waals surface area contributed by atoms with E-state index in [1.54, 1.807) is 0 Å². The summed E-state index contributed by atoms with van der Waals surface area (Å²) in [6, 6.07) is 17.8. The van der Waals surface area contributed by atoms with Gasteiger partial charge in [0.15, 0.2) is 68.8 Å². The minimum Gasteiger partial charge on any atom is -0.382 e. The molecule has 6 rings (SSSR count). The van der Waals surface area contributed by atoms with Crippen molar-refractivity contribution >= 4 is 25.4 Å². The van der Waals surface area contributed by atoms with Gasteiger partial charge < -0.3 is 62.0 Å². The van der Waals surface area contributed by atoms with Crippen LogP contribution in [0.15, 0.2) is 98.1 Å². The second-order valence-corrected chi connectivity index (χ2v) is 30.4. The van der Waals surface area contributed by atoms with E-state index in [9.17, 15) is 20.4 Å². The molecular formula is C69H124N12O9+12. The van der Waals surface area contributed by atoms with Crippen molar-refractivity contribution in [3.05, 3.63) is 120 Å². The molecule has 4 aliphatic heterocycles. The summed E-state index contributed by atoms with van der Waals surface area (Å²) in [5.41, 5.74) is 4.75. The molecule has 0 bridgehead atoms. The van der Waals surface area contributed by atoms with Crippen LogP contribution in [0.5, 0.6) is 0 Å². The minimum atomic E-state index is -0.518. The summed E-state index contributed by atoms with van der Waals surface area (Å²) in [6.07, 6.45) is 26.1. The molecule has 0 spiro atoms. The molecule has 502 valence electrons. The molecular weight excluding hydrogens is 1140 g/mol. The molecule has 0 amide bonds. The molecule has 4 heterocycles. The van der Waals surface area contributed by atoms with Gasteiger partial charge in [0.2, 0.25) is 24.8 Å². The third-order valence-electron chi connectivity index (χ3n) is 16.2. The number of hydrogen-bond donors (Lipinski definition) is 4. The molecule has 21 heteroatoms. The summed E-state index contributed by atoms with van der Waals surface area (Å²) in [4.78, 5) is 0. The Morgan fingerprint density at radius 3 is 0.911 bits per heavy atom. The molecule has 2 aromatic rings. The van der Waals surface area contributed by atoms with Crippen molar-refractivity contribution in [3.63, 3.8) is 0 Å². The Morgan fingerprint density at radius 1 is 0.356 bits per heavy atom. The van der Waals surface area contributed by atoms with Crippen LogP contribution < -0.4 is 0 Å². The normalized spacial score (nSPS) is 23.2. The lowest BCUT2D eigenvalue weighted by Gasteiger charge is -2.31. The Morgan fingerprint density at radius 2 is 0.622 bits per heavy atom. The maximum atomic E-state index is 11.5. The Hall–Kier alpha value is -4.60. The summed E-state index contributed by atoms with van der Waals surface area (Å²) in [5.74, 6) is 0. The molecule has 8 unspecified atom stereocenters. The van der Waals surface area contributed by atoms with Gasteiger partial charge in [-0.15, -0.1) is 0 Å². The van der Waals surface area contributed by atoms with Gasteiger partial charge in [0, 0.05) is 35.3 Å². The van der Waals surface area contributed by atoms with E-state index in [2.05, 4.69) is 233 Å². The van der Waals surface area contributed by atoms with Gasteiger partial charge >= 0.3 is 25.4 Å². The van der Waals surface area contributed by atoms with E-state index < -0.39 is 24.4 Å². The number of rotatable bonds is 45. The molecule has 0 fully saturated rings. The number of quaternary nitrogens is 8. The lowest BCUT2D eigenvalue weighted by Crippen LogP contribution is -2.51. The first-order valence-corrected chi connectivity index (χ1v) is 33.0. The van der Waals surface area contributed by atoms with Gasteiger partial charge in [-0.05, 0) is 6.42 Å². The van der Waals surface area contributed by atoms with Crippen molar-refractivity contribution in [1.82, 2.24) is 0 Å². The zero-order valence-corrected chi connectivity index (χ0v) is 58.1. The molecule has 2 aromatic carbocycles. The first-order valence-electron chi connectivity index (χ1n) is 33.0. The van der Waals surface area contributed by atoms with Crippen molar-refractivity contribution in [3.8, 4) is 0 Å². The summed E-state index contributed by atoms with van der Waals surface area (Å²) < 4.78 is 42.8. The highest BCUT2D eigenvalue weighted by molar-refractivity contribution is 5.46. The van der Waals surface area contributed by atoms with E-state index in [1.165, 1.54) is 22.3 Å². The molecule has 0 radical (unpaired) electrons. The summed E-state index contributed by atoms with van der Waals surface area (Å²) in [5, 5.41) is 45.5. The highest BCUT2D eigenvalue weighted by Gasteiger charge is 2.42. The fraction of sp³-hybridized carbons (Fsp3) is 0.652. The van der Waals surface area contributed by atoms with Gasteiger partial charge in [-0.3, -0.25) is 0 Å². The van der Waals surface area contributed by atoms with Crippen LogP contribution >= 0.6 is 0 Å². The second-order valence-electron chi connectivity index (χ2n) is 30.4. The van der Waals surface area contributed by atoms with Gasteiger partial charge in [0.05, 0.1) is 131 Å². The summed E-state index contributed by atoms with van der Waals surface area (Å²) >= 11 is 0. The van der Waals surface area contributed by atoms with Crippen LogP contribution in [-0.2, 0) is 49.9 Å². The van der Waals surface area contributed by atoms with Crippen molar-refractivity contribution in [2.24, 2.45) is 0 Å². The zero-order chi connectivity index (χ0) is 65.7. The number of likely N-dealkylation sites (N-methyl/N-ethyl adjacent to an activating group) is 4. The maximum Gasteiger partial charge on any atom is 0.337 e. The van der Waals surface area contributed by atoms with Crippen molar-refractivity contribution in [2.75, 3.05) is 230 Å². The van der Waals surface area contributed by atoms with E-state index in [0.717, 1.165) is 39.1 Å². The fourth-order valence-corrected chi connectivity index (χ4v) is 12.8. The molecule has 8 atom stereocenters. The number of ether oxygens (including phenoxy) is 5. The highest BCUT2D eigenvalue weighted by Crippen LogP contribution is 2.26. The Balaban J connectivity index is 0.986. The monoisotopic (exact) mass is 1260 g/mol. The van der Waals surface area contributed by atoms with E-state index in [1.807, 2.05) is 7.05 Å². The number of aliphatic hydroxyl groups is 4. The molecule has 21 nitrogen and oxygen atoms in total. The molecule has 0 aromatic heterocycles. The number of nitrogens with zero attached hydrogens (tertiary/aromatic N) is 12. The molecule has 0 saturated carbocycles. The largest absolute Gasteiger partial charge is 0.382 e. The van der Waals surface area contributed by atoms with Crippen LogP contribution in [0, 0.1) is 0 Å². The van der Waals surface area contributed by atoms with E-state index in [4.69, 9.17) is 23.7 Å². The first-order chi connectivity index (χ1) is 42.3. The predicted molar refractivity (Wildman–Crippen MR) is 355 cm³/mol. The van der Waals surface area contributed by atoms with E-state index >= 15 is 0 Å². The van der Waals surface area contributed by atoms with Gasteiger partial charge in [0.25, 0.3) is 0 Å². The van der Waals surface area contributed by atoms with Gasteiger partial charge in [0.1, 0.15) is 98.8 Å². The molecule has 0 aliphatic carbocycles. The van der Waals surface area contributed by atoms with E-state index in [-0.39, 0.29) is 0 Å². The van der Waals surface area contributed by atoms with Gasteiger partial charge in [-0.2, -0.15) is 18.3 Å². The van der Waals surface area contributed by atoms with Crippen LogP contribution in [0.25, 0.3) is 0 Å². The van der Waals surface area contributed by atoms with Crippen molar-refractivity contribution in [1.29, 1.82) is 0 Å². The average Bonchev–Trinajstić information content (AvgIpc) is 2.14. The standard InChI is InChI=1S/C69H124N12O9/c1-15-36-86-40-44-90-45-43-89-39-31-73-29-35-81(61-73,57-69(85)53-77(12,13)14)49-65-23-21-64(22-24-65)48-80(56-68(84)52-76(9,10)11)34-28-72(60-80)30-38-88-42-41-87-37-16-25-71-27-33-79(59-71,55-67(83)51-75(6,7)8)47-63-19-17-62(18-20-63)46-78(32-26-70(2)58-78)54-66(82)50-74(3,4)5/h17-24,26-29,32-35,58-61,66-69,82-85H,15-16,25,30-31,36-57H2,1-14H3/q+12. The molecule has 4 aliphatic rings. The average molecular weight is 1270 g/mol. The highest BCUT2D eigenvalue weighted by atomic mass is 16.5. The van der Waals surface area contributed by atoms with E-state index in [0.29, 0.717) is 174 Å². The topological polar surface area (TPSA) is 139 Å². The SMILES string of the molecule is CCCOCCOCCOCC[N+]1=C[N+](Cc2ccc(C[N+]3(CC(O)C[N+](C)(C)C)C=C[N+](CCOCCOCCC[N+]4=C[N+](Cc5ccc(C[N+]6(CC(O)C[N+](C)(C)C)C=C[N+](C)=C6)cc5)(CC(O)C[N+](C)(C)C)C=C4)=C3)cc2)(CC(O)C[N+](C)(C)C)C=C1. The van der Waals surface area contributed by atoms with Crippen molar-refractivity contribution < 1.29 is 98.3 Å². The van der Waals surface area contributed by atoms with Crippen LogP contribution in [0.4, 0.5) is 0 Å². The first kappa shape index (κ1) is 74.4.